The molecule has 100 valence electrons. The van der Waals surface area contributed by atoms with Gasteiger partial charge in [0.25, 0.3) is 0 Å². The van der Waals surface area contributed by atoms with Gasteiger partial charge in [-0.1, -0.05) is 12.1 Å². The molecule has 2 aromatic rings. The lowest BCUT2D eigenvalue weighted by molar-refractivity contribution is 0.573. The number of nitrogens with one attached hydrogen (secondary N) is 2. The highest BCUT2D eigenvalue weighted by molar-refractivity contribution is 7.80. The number of aryl methyl sites for hydroxylation is 1. The molecule has 0 aliphatic heterocycles. The fraction of sp³-hybridized carbons (Fsp3) is 0.231. The summed E-state index contributed by atoms with van der Waals surface area (Å²) in [5.41, 5.74) is 0.382. The molecule has 1 aromatic heterocycles. The number of anilines is 1. The first-order valence-corrected chi connectivity index (χ1v) is 6.43. The zero-order chi connectivity index (χ0) is 13.5. The zero-order valence-electron chi connectivity index (χ0n) is 10.3. The van der Waals surface area contributed by atoms with E-state index in [1.165, 1.54) is 6.07 Å². The van der Waals surface area contributed by atoms with E-state index in [4.69, 9.17) is 12.2 Å². The minimum absolute atomic E-state index is 0.316. The van der Waals surface area contributed by atoms with Gasteiger partial charge in [-0.2, -0.15) is 5.10 Å². The highest BCUT2D eigenvalue weighted by Crippen LogP contribution is 2.11. The third-order valence-corrected chi connectivity index (χ3v) is 2.78. The lowest BCUT2D eigenvalue weighted by Gasteiger charge is -2.11. The number of benzene rings is 1. The minimum atomic E-state index is -0.316. The van der Waals surface area contributed by atoms with E-state index in [1.54, 1.807) is 24.4 Å². The van der Waals surface area contributed by atoms with Gasteiger partial charge >= 0.3 is 0 Å². The molecule has 2 N–H and O–H groups in total. The minimum Gasteiger partial charge on any atom is -0.362 e. The van der Waals surface area contributed by atoms with Gasteiger partial charge in [-0.25, -0.2) is 4.39 Å². The fourth-order valence-electron chi connectivity index (χ4n) is 1.60. The van der Waals surface area contributed by atoms with Crippen molar-refractivity contribution in [2.24, 2.45) is 0 Å². The average molecular weight is 278 g/mol. The molecule has 0 unspecified atom stereocenters. The third kappa shape index (κ3) is 4.33. The standard InChI is InChI=1S/C13H15FN4S/c14-11-5-1-2-6-12(11)17-13(19)15-7-3-9-18-10-4-8-16-18/h1-2,4-6,8,10H,3,7,9H2,(H2,15,17,19). The van der Waals surface area contributed by atoms with Crippen LogP contribution in [0, 0.1) is 5.82 Å². The summed E-state index contributed by atoms with van der Waals surface area (Å²) in [5, 5.41) is 10.4. The lowest BCUT2D eigenvalue weighted by Crippen LogP contribution is -2.30. The Bertz CT molecular complexity index is 527. The second-order valence-electron chi connectivity index (χ2n) is 3.98. The Kier molecular flexibility index (Phi) is 4.85. The van der Waals surface area contributed by atoms with Crippen LogP contribution in [-0.4, -0.2) is 21.4 Å². The molecule has 0 fully saturated rings. The van der Waals surface area contributed by atoms with E-state index in [2.05, 4.69) is 15.7 Å². The maximum atomic E-state index is 13.4. The van der Waals surface area contributed by atoms with E-state index in [9.17, 15) is 4.39 Å². The second kappa shape index (κ2) is 6.84. The van der Waals surface area contributed by atoms with Gasteiger partial charge in [0.2, 0.25) is 0 Å². The van der Waals surface area contributed by atoms with Crippen molar-refractivity contribution in [2.75, 3.05) is 11.9 Å². The topological polar surface area (TPSA) is 41.9 Å². The van der Waals surface area contributed by atoms with Gasteiger partial charge in [-0.3, -0.25) is 4.68 Å². The molecule has 1 heterocycles. The number of nitrogens with zero attached hydrogens (tertiary/aromatic N) is 2. The third-order valence-electron chi connectivity index (χ3n) is 2.53. The van der Waals surface area contributed by atoms with Gasteiger partial charge in [-0.05, 0) is 36.8 Å². The number of thiocarbonyl (C=S) groups is 1. The predicted octanol–water partition coefficient (Wildman–Crippen LogP) is 2.40. The van der Waals surface area contributed by atoms with Crippen molar-refractivity contribution in [2.45, 2.75) is 13.0 Å². The molecule has 6 heteroatoms. The molecule has 2 rings (SSSR count). The molecular formula is C13H15FN4S. The lowest BCUT2D eigenvalue weighted by atomic mass is 10.3. The van der Waals surface area contributed by atoms with Crippen molar-refractivity contribution in [3.63, 3.8) is 0 Å². The highest BCUT2D eigenvalue weighted by Gasteiger charge is 2.02. The number of para-hydroxylation sites is 1. The highest BCUT2D eigenvalue weighted by atomic mass is 32.1. The molecule has 0 radical (unpaired) electrons. The molecule has 0 bridgehead atoms. The first kappa shape index (κ1) is 13.5. The second-order valence-corrected chi connectivity index (χ2v) is 4.39. The quantitative estimate of drug-likeness (QED) is 0.651. The average Bonchev–Trinajstić information content (AvgIpc) is 2.91. The van der Waals surface area contributed by atoms with Gasteiger partial charge in [0, 0.05) is 25.5 Å². The Balaban J connectivity index is 1.69. The van der Waals surface area contributed by atoms with E-state index in [0.29, 0.717) is 17.3 Å². The van der Waals surface area contributed by atoms with Gasteiger partial charge in [0.15, 0.2) is 5.11 Å². The Morgan fingerprint density at radius 1 is 1.32 bits per heavy atom. The van der Waals surface area contributed by atoms with Crippen molar-refractivity contribution < 1.29 is 4.39 Å². The SMILES string of the molecule is Fc1ccccc1NC(=S)NCCCn1cccn1. The van der Waals surface area contributed by atoms with Crippen LogP contribution in [0.1, 0.15) is 6.42 Å². The maximum Gasteiger partial charge on any atom is 0.170 e. The van der Waals surface area contributed by atoms with E-state index >= 15 is 0 Å². The number of aromatic nitrogens is 2. The van der Waals surface area contributed by atoms with E-state index in [1.807, 2.05) is 16.9 Å². The molecule has 0 saturated carbocycles. The largest absolute Gasteiger partial charge is 0.362 e. The van der Waals surface area contributed by atoms with Crippen LogP contribution in [0.2, 0.25) is 0 Å². The van der Waals surface area contributed by atoms with Crippen molar-refractivity contribution in [3.8, 4) is 0 Å². The maximum absolute atomic E-state index is 13.4. The van der Waals surface area contributed by atoms with Crippen LogP contribution in [0.25, 0.3) is 0 Å². The smallest absolute Gasteiger partial charge is 0.170 e. The molecule has 0 saturated heterocycles. The summed E-state index contributed by atoms with van der Waals surface area (Å²) >= 11 is 5.10. The normalized spacial score (nSPS) is 10.2. The summed E-state index contributed by atoms with van der Waals surface area (Å²) in [7, 11) is 0. The summed E-state index contributed by atoms with van der Waals surface area (Å²) in [4.78, 5) is 0. The Hall–Kier alpha value is -1.95. The van der Waals surface area contributed by atoms with Gasteiger partial charge in [0.1, 0.15) is 5.82 Å². The van der Waals surface area contributed by atoms with Crippen molar-refractivity contribution in [1.29, 1.82) is 0 Å². The molecule has 0 aliphatic carbocycles. The zero-order valence-corrected chi connectivity index (χ0v) is 11.2. The van der Waals surface area contributed by atoms with Crippen LogP contribution in [0.15, 0.2) is 42.7 Å². The van der Waals surface area contributed by atoms with Crippen LogP contribution in [0.5, 0.6) is 0 Å². The number of rotatable bonds is 5. The monoisotopic (exact) mass is 278 g/mol. The first-order valence-electron chi connectivity index (χ1n) is 6.02. The number of hydrogen-bond donors (Lipinski definition) is 2. The van der Waals surface area contributed by atoms with Crippen LogP contribution >= 0.6 is 12.2 Å². The van der Waals surface area contributed by atoms with E-state index < -0.39 is 0 Å². The summed E-state index contributed by atoms with van der Waals surface area (Å²) in [6.07, 6.45) is 4.55. The van der Waals surface area contributed by atoms with Gasteiger partial charge in [0.05, 0.1) is 5.69 Å². The van der Waals surface area contributed by atoms with Gasteiger partial charge < -0.3 is 10.6 Å². The Morgan fingerprint density at radius 2 is 2.16 bits per heavy atom. The van der Waals surface area contributed by atoms with Crippen LogP contribution < -0.4 is 10.6 Å². The molecule has 1 aromatic carbocycles. The van der Waals surface area contributed by atoms with Gasteiger partial charge in [-0.15, -0.1) is 0 Å². The van der Waals surface area contributed by atoms with Crippen molar-refractivity contribution >= 4 is 23.0 Å². The van der Waals surface area contributed by atoms with Crippen molar-refractivity contribution in [3.05, 3.63) is 48.5 Å². The summed E-state index contributed by atoms with van der Waals surface area (Å²) in [6, 6.07) is 8.32. The van der Waals surface area contributed by atoms with Crippen LogP contribution in [-0.2, 0) is 6.54 Å². The summed E-state index contributed by atoms with van der Waals surface area (Å²) < 4.78 is 15.2. The number of halogens is 1. The summed E-state index contributed by atoms with van der Waals surface area (Å²) in [5.74, 6) is -0.316. The molecule has 0 aliphatic rings. The van der Waals surface area contributed by atoms with Crippen LogP contribution in [0.3, 0.4) is 0 Å². The molecule has 4 nitrogen and oxygen atoms in total. The van der Waals surface area contributed by atoms with Crippen LogP contribution in [0.4, 0.5) is 10.1 Å². The molecular weight excluding hydrogens is 263 g/mol. The molecule has 0 atom stereocenters. The Labute approximate surface area is 116 Å². The molecule has 0 spiro atoms. The fourth-order valence-corrected chi connectivity index (χ4v) is 1.82. The predicted molar refractivity (Wildman–Crippen MR) is 77.5 cm³/mol. The number of hydrogen-bond acceptors (Lipinski definition) is 2. The van der Waals surface area contributed by atoms with E-state index in [0.717, 1.165) is 13.0 Å². The molecule has 19 heavy (non-hydrogen) atoms. The van der Waals surface area contributed by atoms with E-state index in [-0.39, 0.29) is 5.82 Å². The Morgan fingerprint density at radius 3 is 2.89 bits per heavy atom. The molecule has 0 amide bonds. The first-order chi connectivity index (χ1) is 9.25. The summed E-state index contributed by atoms with van der Waals surface area (Å²) in [6.45, 7) is 1.53. The van der Waals surface area contributed by atoms with Crippen molar-refractivity contribution in [1.82, 2.24) is 15.1 Å².